The van der Waals surface area contributed by atoms with Gasteiger partial charge in [0.15, 0.2) is 23.1 Å². The lowest BCUT2D eigenvalue weighted by Crippen LogP contribution is -2.35. The number of rotatable bonds is 3. The topological polar surface area (TPSA) is 123 Å². The predicted octanol–water partition coefficient (Wildman–Crippen LogP) is 1.70. The van der Waals surface area contributed by atoms with Gasteiger partial charge in [-0.25, -0.2) is 4.98 Å². The molecule has 1 aliphatic heterocycles. The van der Waals surface area contributed by atoms with Crippen LogP contribution >= 0.6 is 0 Å². The number of hydrogen-bond donors (Lipinski definition) is 4. The lowest BCUT2D eigenvalue weighted by atomic mass is 10.1. The highest BCUT2D eigenvalue weighted by Gasteiger charge is 2.23. The van der Waals surface area contributed by atoms with Crippen LogP contribution in [-0.2, 0) is 19.5 Å². The molecule has 0 aliphatic carbocycles. The summed E-state index contributed by atoms with van der Waals surface area (Å²) in [7, 11) is 0. The number of nitrogens with one attached hydrogen (secondary N) is 1. The molecular weight excluding hydrogens is 338 g/mol. The van der Waals surface area contributed by atoms with Crippen molar-refractivity contribution in [1.29, 1.82) is 0 Å². The number of nitrogens with zero attached hydrogens (tertiary/aromatic N) is 2. The zero-order valence-electron chi connectivity index (χ0n) is 13.8. The van der Waals surface area contributed by atoms with Crippen molar-refractivity contribution in [2.24, 2.45) is 0 Å². The molecule has 0 saturated heterocycles. The smallest absolute Gasteiger partial charge is 0.256 e. The SMILES string of the molecule is O=c1[nH]c(-c2ccco2)nc2c1CN(Cc1ccc(O)c(O)c1O)CC2. The molecule has 0 spiro atoms. The Morgan fingerprint density at radius 3 is 2.81 bits per heavy atom. The van der Waals surface area contributed by atoms with Gasteiger partial charge in [-0.15, -0.1) is 0 Å². The molecule has 4 rings (SSSR count). The van der Waals surface area contributed by atoms with E-state index >= 15 is 0 Å². The van der Waals surface area contributed by atoms with Crippen LogP contribution in [0.1, 0.15) is 16.8 Å². The highest BCUT2D eigenvalue weighted by Crippen LogP contribution is 2.37. The van der Waals surface area contributed by atoms with Crippen molar-refractivity contribution in [1.82, 2.24) is 14.9 Å². The van der Waals surface area contributed by atoms with Gasteiger partial charge < -0.3 is 24.7 Å². The van der Waals surface area contributed by atoms with Crippen molar-refractivity contribution < 1.29 is 19.7 Å². The van der Waals surface area contributed by atoms with Gasteiger partial charge in [0.05, 0.1) is 17.5 Å². The fourth-order valence-corrected chi connectivity index (χ4v) is 3.13. The van der Waals surface area contributed by atoms with Crippen LogP contribution in [0.2, 0.25) is 0 Å². The Balaban J connectivity index is 1.59. The Bertz CT molecular complexity index is 1010. The third-order valence-corrected chi connectivity index (χ3v) is 4.51. The van der Waals surface area contributed by atoms with E-state index in [1.165, 1.54) is 12.3 Å². The molecule has 0 radical (unpaired) electrons. The molecule has 3 aromatic rings. The van der Waals surface area contributed by atoms with E-state index in [0.29, 0.717) is 48.8 Å². The molecule has 8 nitrogen and oxygen atoms in total. The van der Waals surface area contributed by atoms with E-state index in [2.05, 4.69) is 9.97 Å². The summed E-state index contributed by atoms with van der Waals surface area (Å²) < 4.78 is 5.28. The summed E-state index contributed by atoms with van der Waals surface area (Å²) >= 11 is 0. The number of phenols is 3. The second kappa shape index (κ2) is 6.23. The number of aromatic amines is 1. The first-order valence-electron chi connectivity index (χ1n) is 8.14. The standard InChI is InChI=1S/C18H17N3O5/c22-13-4-3-10(15(23)16(13)24)8-21-6-5-12-11(9-21)18(25)20-17(19-12)14-2-1-7-26-14/h1-4,7,22-24H,5-6,8-9H2,(H,19,20,25). The van der Waals surface area contributed by atoms with Crippen molar-refractivity contribution in [3.8, 4) is 28.8 Å². The number of benzene rings is 1. The van der Waals surface area contributed by atoms with Gasteiger partial charge in [0, 0.05) is 31.6 Å². The van der Waals surface area contributed by atoms with E-state index < -0.39 is 5.75 Å². The monoisotopic (exact) mass is 355 g/mol. The van der Waals surface area contributed by atoms with Gasteiger partial charge in [0.1, 0.15) is 0 Å². The average molecular weight is 355 g/mol. The number of hydrogen-bond acceptors (Lipinski definition) is 7. The van der Waals surface area contributed by atoms with Crippen LogP contribution in [0.15, 0.2) is 39.7 Å². The predicted molar refractivity (Wildman–Crippen MR) is 91.8 cm³/mol. The molecule has 0 unspecified atom stereocenters. The molecule has 0 fully saturated rings. The maximum Gasteiger partial charge on any atom is 0.256 e. The quantitative estimate of drug-likeness (QED) is 0.527. The van der Waals surface area contributed by atoms with Crippen LogP contribution in [0.5, 0.6) is 17.2 Å². The first-order valence-corrected chi connectivity index (χ1v) is 8.14. The van der Waals surface area contributed by atoms with Crippen LogP contribution < -0.4 is 5.56 Å². The highest BCUT2D eigenvalue weighted by atomic mass is 16.3. The fraction of sp³-hybridized carbons (Fsp3) is 0.222. The number of fused-ring (bicyclic) bond motifs is 1. The molecular formula is C18H17N3O5. The van der Waals surface area contributed by atoms with Gasteiger partial charge in [0.2, 0.25) is 5.75 Å². The Morgan fingerprint density at radius 2 is 2.04 bits per heavy atom. The van der Waals surface area contributed by atoms with Crippen molar-refractivity contribution >= 4 is 0 Å². The first-order chi connectivity index (χ1) is 12.5. The normalized spacial score (nSPS) is 14.3. The molecule has 0 atom stereocenters. The van der Waals surface area contributed by atoms with E-state index in [9.17, 15) is 20.1 Å². The molecule has 2 aromatic heterocycles. The maximum atomic E-state index is 12.5. The Labute approximate surface area is 148 Å². The number of H-pyrrole nitrogens is 1. The summed E-state index contributed by atoms with van der Waals surface area (Å²) in [5, 5.41) is 29.0. The van der Waals surface area contributed by atoms with Crippen LogP contribution in [0.4, 0.5) is 0 Å². The fourth-order valence-electron chi connectivity index (χ4n) is 3.13. The molecule has 134 valence electrons. The van der Waals surface area contributed by atoms with Crippen LogP contribution in [0.3, 0.4) is 0 Å². The zero-order valence-corrected chi connectivity index (χ0v) is 13.8. The number of aromatic hydroxyl groups is 3. The van der Waals surface area contributed by atoms with Crippen molar-refractivity contribution in [3.63, 3.8) is 0 Å². The number of phenolic OH excluding ortho intramolecular Hbond substituents is 3. The lowest BCUT2D eigenvalue weighted by Gasteiger charge is -2.28. The summed E-state index contributed by atoms with van der Waals surface area (Å²) in [5.74, 6) is -0.343. The molecule has 26 heavy (non-hydrogen) atoms. The highest BCUT2D eigenvalue weighted by molar-refractivity contribution is 5.53. The molecule has 3 heterocycles. The van der Waals surface area contributed by atoms with E-state index in [-0.39, 0.29) is 17.1 Å². The first kappa shape index (κ1) is 16.2. The third kappa shape index (κ3) is 2.80. The van der Waals surface area contributed by atoms with Crippen LogP contribution in [0, 0.1) is 0 Å². The number of aromatic nitrogens is 2. The minimum atomic E-state index is -0.539. The second-order valence-corrected chi connectivity index (χ2v) is 6.22. The second-order valence-electron chi connectivity index (χ2n) is 6.22. The molecule has 8 heteroatoms. The van der Waals surface area contributed by atoms with E-state index in [0.717, 1.165) is 5.69 Å². The Hall–Kier alpha value is -3.26. The summed E-state index contributed by atoms with van der Waals surface area (Å²) in [6, 6.07) is 6.34. The van der Waals surface area contributed by atoms with Gasteiger partial charge in [-0.1, -0.05) is 6.07 Å². The maximum absolute atomic E-state index is 12.5. The molecule has 0 amide bonds. The lowest BCUT2D eigenvalue weighted by molar-refractivity contribution is 0.237. The van der Waals surface area contributed by atoms with Gasteiger partial charge in [-0.2, -0.15) is 0 Å². The van der Waals surface area contributed by atoms with Crippen molar-refractivity contribution in [3.05, 3.63) is 57.7 Å². The molecule has 4 N–H and O–H groups in total. The van der Waals surface area contributed by atoms with Gasteiger partial charge in [0.25, 0.3) is 5.56 Å². The summed E-state index contributed by atoms with van der Waals surface area (Å²) in [4.78, 5) is 21.7. The van der Waals surface area contributed by atoms with E-state index in [1.807, 2.05) is 4.90 Å². The number of furan rings is 1. The van der Waals surface area contributed by atoms with Crippen molar-refractivity contribution in [2.75, 3.05) is 6.54 Å². The molecule has 1 aromatic carbocycles. The Morgan fingerprint density at radius 1 is 1.19 bits per heavy atom. The van der Waals surface area contributed by atoms with Gasteiger partial charge >= 0.3 is 0 Å². The van der Waals surface area contributed by atoms with Crippen LogP contribution in [-0.4, -0.2) is 36.7 Å². The minimum absolute atomic E-state index is 0.219. The summed E-state index contributed by atoms with van der Waals surface area (Å²) in [6.07, 6.45) is 2.11. The van der Waals surface area contributed by atoms with E-state index in [4.69, 9.17) is 4.42 Å². The summed E-state index contributed by atoms with van der Waals surface area (Å²) in [5.41, 5.74) is 1.56. The largest absolute Gasteiger partial charge is 0.504 e. The Kier molecular flexibility index (Phi) is 3.89. The average Bonchev–Trinajstić information content (AvgIpc) is 3.17. The van der Waals surface area contributed by atoms with Gasteiger partial charge in [-0.3, -0.25) is 9.69 Å². The van der Waals surface area contributed by atoms with Crippen molar-refractivity contribution in [2.45, 2.75) is 19.5 Å². The van der Waals surface area contributed by atoms with Crippen LogP contribution in [0.25, 0.3) is 11.6 Å². The third-order valence-electron chi connectivity index (χ3n) is 4.51. The minimum Gasteiger partial charge on any atom is -0.504 e. The van der Waals surface area contributed by atoms with E-state index in [1.54, 1.807) is 18.2 Å². The summed E-state index contributed by atoms with van der Waals surface area (Å²) in [6.45, 7) is 1.35. The zero-order chi connectivity index (χ0) is 18.3. The molecule has 1 aliphatic rings. The molecule has 0 saturated carbocycles. The van der Waals surface area contributed by atoms with Gasteiger partial charge in [-0.05, 0) is 18.2 Å². The molecule has 0 bridgehead atoms.